The number of carboxylic acid groups (broad SMARTS) is 1. The predicted molar refractivity (Wildman–Crippen MR) is 135 cm³/mol. The van der Waals surface area contributed by atoms with Crippen LogP contribution in [0.3, 0.4) is 0 Å². The summed E-state index contributed by atoms with van der Waals surface area (Å²) >= 11 is 0. The van der Waals surface area contributed by atoms with Crippen LogP contribution in [0, 0.1) is 29.1 Å². The highest BCUT2D eigenvalue weighted by Gasteiger charge is 2.50. The van der Waals surface area contributed by atoms with Gasteiger partial charge in [0.1, 0.15) is 12.1 Å². The second-order valence-corrected chi connectivity index (χ2v) is 12.2. The van der Waals surface area contributed by atoms with Crippen molar-refractivity contribution in [3.05, 3.63) is 0 Å². The molecule has 8 nitrogen and oxygen atoms in total. The van der Waals surface area contributed by atoms with Gasteiger partial charge in [-0.25, -0.2) is 9.59 Å². The van der Waals surface area contributed by atoms with E-state index in [-0.39, 0.29) is 11.3 Å². The molecule has 6 N–H and O–H groups in total. The lowest BCUT2D eigenvalue weighted by molar-refractivity contribution is -0.139. The number of amides is 3. The van der Waals surface area contributed by atoms with Crippen LogP contribution in [0.1, 0.15) is 96.3 Å². The first-order valence-corrected chi connectivity index (χ1v) is 14.1. The fourth-order valence-electron chi connectivity index (χ4n) is 8.00. The Morgan fingerprint density at radius 3 is 2.06 bits per heavy atom. The molecule has 5 saturated carbocycles. The molecule has 5 fully saturated rings. The highest BCUT2D eigenvalue weighted by Crippen LogP contribution is 2.59. The third-order valence-corrected chi connectivity index (χ3v) is 9.27. The minimum absolute atomic E-state index is 0.114. The molecule has 0 radical (unpaired) electrons. The second kappa shape index (κ2) is 11.9. The molecule has 5 aliphatic rings. The lowest BCUT2D eigenvalue weighted by Crippen LogP contribution is -2.56. The Morgan fingerprint density at radius 1 is 0.886 bits per heavy atom. The lowest BCUT2D eigenvalue weighted by atomic mass is 9.49. The van der Waals surface area contributed by atoms with Gasteiger partial charge in [0.15, 0.2) is 0 Å². The van der Waals surface area contributed by atoms with Crippen LogP contribution in [-0.4, -0.2) is 48.2 Å². The number of nitrogens with two attached hydrogens (primary N) is 1. The summed E-state index contributed by atoms with van der Waals surface area (Å²) in [4.78, 5) is 37.8. The quantitative estimate of drug-likeness (QED) is 0.267. The molecule has 0 aromatic carbocycles. The first-order valence-electron chi connectivity index (χ1n) is 14.1. The Bertz CT molecular complexity index is 716. The molecule has 3 amide bonds. The number of unbranched alkanes of at least 4 members (excludes halogenated alkanes) is 1. The van der Waals surface area contributed by atoms with Crippen LogP contribution in [-0.2, 0) is 9.59 Å². The van der Waals surface area contributed by atoms with Crippen LogP contribution in [0.25, 0.3) is 0 Å². The summed E-state index contributed by atoms with van der Waals surface area (Å²) in [6.45, 7) is 1.20. The molecule has 0 aliphatic heterocycles. The normalized spacial score (nSPS) is 31.5. The van der Waals surface area contributed by atoms with Crippen LogP contribution < -0.4 is 21.7 Å². The van der Waals surface area contributed by atoms with Gasteiger partial charge in [-0.1, -0.05) is 32.1 Å². The van der Waals surface area contributed by atoms with Crippen LogP contribution in [0.15, 0.2) is 0 Å². The molecular weight excluding hydrogens is 444 g/mol. The Labute approximate surface area is 209 Å². The Kier molecular flexibility index (Phi) is 8.95. The topological polar surface area (TPSA) is 134 Å². The smallest absolute Gasteiger partial charge is 0.326 e. The summed E-state index contributed by atoms with van der Waals surface area (Å²) in [7, 11) is 0. The number of carbonyl (C=O) groups excluding carboxylic acids is 2. The van der Waals surface area contributed by atoms with E-state index in [1.165, 1.54) is 57.8 Å². The number of urea groups is 1. The van der Waals surface area contributed by atoms with E-state index in [0.717, 1.165) is 30.6 Å². The Hall–Kier alpha value is -1.83. The van der Waals surface area contributed by atoms with Crippen LogP contribution >= 0.6 is 0 Å². The standard InChI is InChI=1S/C27H46N4O4/c28-9-5-4-8-22(25(33)34)30-26(35)31-23(13-18-6-2-1-3-7-18)24(32)29-17-27-14-19-10-20(15-27)12-21(11-19)16-27/h18-23H,1-17,28H2,(H,29,32)(H,33,34)(H2,30,31,35)/t19?,20?,21?,22?,23-,27?/m1/s1. The van der Waals surface area contributed by atoms with Gasteiger partial charge in [-0.05, 0) is 99.8 Å². The number of hydrogen-bond acceptors (Lipinski definition) is 4. The molecule has 0 heterocycles. The first kappa shape index (κ1) is 26.2. The fourth-order valence-corrected chi connectivity index (χ4v) is 8.00. The van der Waals surface area contributed by atoms with Crippen molar-refractivity contribution >= 4 is 17.9 Å². The summed E-state index contributed by atoms with van der Waals surface area (Å²) in [5.74, 6) is 1.72. The second-order valence-electron chi connectivity index (χ2n) is 12.2. The minimum atomic E-state index is -1.06. The first-order chi connectivity index (χ1) is 16.9. The number of rotatable bonds is 12. The molecule has 0 spiro atoms. The molecule has 0 aromatic rings. The van der Waals surface area contributed by atoms with Gasteiger partial charge < -0.3 is 26.8 Å². The number of nitrogens with one attached hydrogen (secondary N) is 3. The van der Waals surface area contributed by atoms with Gasteiger partial charge in [0.2, 0.25) is 5.91 Å². The molecule has 198 valence electrons. The maximum atomic E-state index is 13.4. The molecular formula is C27H46N4O4. The van der Waals surface area contributed by atoms with Gasteiger partial charge in [-0.2, -0.15) is 0 Å². The average molecular weight is 491 g/mol. The van der Waals surface area contributed by atoms with E-state index in [4.69, 9.17) is 5.73 Å². The van der Waals surface area contributed by atoms with E-state index in [9.17, 15) is 19.5 Å². The van der Waals surface area contributed by atoms with E-state index in [1.807, 2.05) is 0 Å². The van der Waals surface area contributed by atoms with Crippen LogP contribution in [0.4, 0.5) is 4.79 Å². The average Bonchev–Trinajstić information content (AvgIpc) is 2.81. The van der Waals surface area contributed by atoms with Gasteiger partial charge in [0.25, 0.3) is 0 Å². The van der Waals surface area contributed by atoms with Crippen molar-refractivity contribution in [2.24, 2.45) is 34.8 Å². The molecule has 1 unspecified atom stereocenters. The van der Waals surface area contributed by atoms with E-state index in [0.29, 0.717) is 44.7 Å². The maximum absolute atomic E-state index is 13.4. The fraction of sp³-hybridized carbons (Fsp3) is 0.889. The highest BCUT2D eigenvalue weighted by atomic mass is 16.4. The van der Waals surface area contributed by atoms with E-state index < -0.39 is 24.1 Å². The van der Waals surface area contributed by atoms with Crippen molar-refractivity contribution in [3.8, 4) is 0 Å². The molecule has 5 rings (SSSR count). The van der Waals surface area contributed by atoms with Gasteiger partial charge in [0.05, 0.1) is 0 Å². The Balaban J connectivity index is 1.34. The summed E-state index contributed by atoms with van der Waals surface area (Å²) in [5, 5.41) is 18.2. The summed E-state index contributed by atoms with van der Waals surface area (Å²) in [5.41, 5.74) is 5.75. The minimum Gasteiger partial charge on any atom is -0.480 e. The van der Waals surface area contributed by atoms with Crippen molar-refractivity contribution in [2.45, 2.75) is 108 Å². The summed E-state index contributed by atoms with van der Waals surface area (Å²) < 4.78 is 0. The van der Waals surface area contributed by atoms with Crippen molar-refractivity contribution < 1.29 is 19.5 Å². The van der Waals surface area contributed by atoms with E-state index >= 15 is 0 Å². The Morgan fingerprint density at radius 2 is 1.49 bits per heavy atom. The molecule has 4 bridgehead atoms. The van der Waals surface area contributed by atoms with Crippen LogP contribution in [0.5, 0.6) is 0 Å². The summed E-state index contributed by atoms with van der Waals surface area (Å²) in [6.07, 6.45) is 15.8. The molecule has 8 heteroatoms. The van der Waals surface area contributed by atoms with Crippen molar-refractivity contribution in [2.75, 3.05) is 13.1 Å². The third-order valence-electron chi connectivity index (χ3n) is 9.27. The van der Waals surface area contributed by atoms with Gasteiger partial charge >= 0.3 is 12.0 Å². The SMILES string of the molecule is NCCCCC(NC(=O)N[C@H](CC1CCCCC1)C(=O)NCC12CC3CC(CC(C3)C1)C2)C(=O)O. The zero-order valence-corrected chi connectivity index (χ0v) is 21.2. The molecule has 35 heavy (non-hydrogen) atoms. The van der Waals surface area contributed by atoms with E-state index in [1.54, 1.807) is 0 Å². The zero-order chi connectivity index (χ0) is 24.8. The zero-order valence-electron chi connectivity index (χ0n) is 21.2. The number of hydrogen-bond donors (Lipinski definition) is 5. The summed E-state index contributed by atoms with van der Waals surface area (Å²) in [6, 6.07) is -2.19. The van der Waals surface area contributed by atoms with Gasteiger partial charge in [-0.15, -0.1) is 0 Å². The molecule has 2 atom stereocenters. The predicted octanol–water partition coefficient (Wildman–Crippen LogP) is 3.54. The molecule has 5 aliphatic carbocycles. The molecule has 0 saturated heterocycles. The maximum Gasteiger partial charge on any atom is 0.326 e. The third kappa shape index (κ3) is 7.11. The van der Waals surface area contributed by atoms with E-state index in [2.05, 4.69) is 16.0 Å². The van der Waals surface area contributed by atoms with Crippen LogP contribution in [0.2, 0.25) is 0 Å². The van der Waals surface area contributed by atoms with Gasteiger partial charge in [-0.3, -0.25) is 4.79 Å². The number of aliphatic carboxylic acids is 1. The highest BCUT2D eigenvalue weighted by molar-refractivity contribution is 5.88. The van der Waals surface area contributed by atoms with Gasteiger partial charge in [0, 0.05) is 6.54 Å². The molecule has 0 aromatic heterocycles. The number of carboxylic acids is 1. The monoisotopic (exact) mass is 490 g/mol. The largest absolute Gasteiger partial charge is 0.480 e. The number of carbonyl (C=O) groups is 3. The lowest BCUT2D eigenvalue weighted by Gasteiger charge is -2.57. The van der Waals surface area contributed by atoms with Crippen molar-refractivity contribution in [3.63, 3.8) is 0 Å². The van der Waals surface area contributed by atoms with Crippen molar-refractivity contribution in [1.82, 2.24) is 16.0 Å². The van der Waals surface area contributed by atoms with Crippen molar-refractivity contribution in [1.29, 1.82) is 0 Å².